The maximum absolute atomic E-state index is 12.7. The summed E-state index contributed by atoms with van der Waals surface area (Å²) in [7, 11) is 0. The third-order valence-corrected chi connectivity index (χ3v) is 5.50. The van der Waals surface area contributed by atoms with Crippen molar-refractivity contribution in [3.8, 4) is 5.75 Å². The van der Waals surface area contributed by atoms with Crippen LogP contribution in [0.2, 0.25) is 0 Å². The summed E-state index contributed by atoms with van der Waals surface area (Å²) in [6, 6.07) is 11.2. The van der Waals surface area contributed by atoms with E-state index in [2.05, 4.69) is 4.90 Å². The molecule has 1 amide bonds. The molecule has 30 heavy (non-hydrogen) atoms. The van der Waals surface area contributed by atoms with Gasteiger partial charge in [0.1, 0.15) is 5.75 Å². The van der Waals surface area contributed by atoms with Crippen molar-refractivity contribution in [2.45, 2.75) is 19.1 Å². The Kier molecular flexibility index (Phi) is 5.81. The fraction of sp³-hybridized carbons (Fsp3) is 0.348. The van der Waals surface area contributed by atoms with E-state index in [1.165, 1.54) is 17.7 Å². The Morgan fingerprint density at radius 1 is 1.03 bits per heavy atom. The van der Waals surface area contributed by atoms with Gasteiger partial charge in [0.05, 0.1) is 12.2 Å². The maximum Gasteiger partial charge on any atom is 0.416 e. The first-order valence-corrected chi connectivity index (χ1v) is 10.00. The molecule has 0 spiro atoms. The first-order chi connectivity index (χ1) is 14.4. The van der Waals surface area contributed by atoms with Gasteiger partial charge in [0.15, 0.2) is 0 Å². The van der Waals surface area contributed by atoms with Crippen molar-refractivity contribution in [1.82, 2.24) is 9.80 Å². The van der Waals surface area contributed by atoms with Crippen molar-refractivity contribution >= 4 is 12.0 Å². The Morgan fingerprint density at radius 3 is 2.47 bits per heavy atom. The van der Waals surface area contributed by atoms with Crippen LogP contribution in [-0.4, -0.2) is 48.5 Å². The first-order valence-electron chi connectivity index (χ1n) is 10.00. The highest BCUT2D eigenvalue weighted by Crippen LogP contribution is 2.29. The summed E-state index contributed by atoms with van der Waals surface area (Å²) < 4.78 is 43.5. The normalized spacial score (nSPS) is 17.2. The number of hydrogen-bond donors (Lipinski definition) is 0. The number of halogens is 3. The number of amides is 1. The second-order valence-electron chi connectivity index (χ2n) is 7.60. The number of rotatable bonds is 4. The molecule has 2 aliphatic heterocycles. The van der Waals surface area contributed by atoms with Crippen LogP contribution in [0.15, 0.2) is 48.5 Å². The standard InChI is InChI=1S/C23H23F3N2O2/c24-23(25,26)20-5-1-18(2-6-20)16-27-10-12-28(13-11-27)22(29)8-4-17-3-7-21-19(15-17)9-14-30-21/h1-8,15H,9-14,16H2/b8-4+. The van der Waals surface area contributed by atoms with Crippen molar-refractivity contribution in [3.63, 3.8) is 0 Å². The van der Waals surface area contributed by atoms with E-state index in [-0.39, 0.29) is 5.91 Å². The van der Waals surface area contributed by atoms with E-state index >= 15 is 0 Å². The molecule has 1 saturated heterocycles. The molecule has 2 heterocycles. The van der Waals surface area contributed by atoms with Crippen LogP contribution in [0.3, 0.4) is 0 Å². The topological polar surface area (TPSA) is 32.8 Å². The van der Waals surface area contributed by atoms with Gasteiger partial charge < -0.3 is 9.64 Å². The Labute approximate surface area is 173 Å². The third-order valence-electron chi connectivity index (χ3n) is 5.50. The molecule has 4 rings (SSSR count). The Morgan fingerprint density at radius 2 is 1.77 bits per heavy atom. The van der Waals surface area contributed by atoms with Gasteiger partial charge in [-0.25, -0.2) is 0 Å². The highest BCUT2D eigenvalue weighted by Gasteiger charge is 2.30. The minimum absolute atomic E-state index is 0.0269. The summed E-state index contributed by atoms with van der Waals surface area (Å²) >= 11 is 0. The largest absolute Gasteiger partial charge is 0.493 e. The highest BCUT2D eigenvalue weighted by atomic mass is 19.4. The molecular formula is C23H23F3N2O2. The van der Waals surface area contributed by atoms with Gasteiger partial charge in [-0.2, -0.15) is 13.2 Å². The minimum Gasteiger partial charge on any atom is -0.493 e. The van der Waals surface area contributed by atoms with E-state index < -0.39 is 11.7 Å². The van der Waals surface area contributed by atoms with Crippen molar-refractivity contribution in [1.29, 1.82) is 0 Å². The van der Waals surface area contributed by atoms with E-state index in [1.54, 1.807) is 11.0 Å². The number of fused-ring (bicyclic) bond motifs is 1. The van der Waals surface area contributed by atoms with E-state index in [0.29, 0.717) is 39.3 Å². The first kappa shape index (κ1) is 20.5. The van der Waals surface area contributed by atoms with E-state index in [9.17, 15) is 18.0 Å². The van der Waals surface area contributed by atoms with Gasteiger partial charge in [-0.3, -0.25) is 9.69 Å². The Balaban J connectivity index is 1.27. The van der Waals surface area contributed by atoms with Crippen LogP contribution in [0.1, 0.15) is 22.3 Å². The minimum atomic E-state index is -4.31. The Hall–Kier alpha value is -2.80. The number of carbonyl (C=O) groups excluding carboxylic acids is 1. The van der Waals surface area contributed by atoms with Gasteiger partial charge in [0.2, 0.25) is 5.91 Å². The molecule has 0 atom stereocenters. The molecule has 0 aromatic heterocycles. The highest BCUT2D eigenvalue weighted by molar-refractivity contribution is 5.91. The smallest absolute Gasteiger partial charge is 0.416 e. The molecule has 0 unspecified atom stereocenters. The van der Waals surface area contributed by atoms with Crippen molar-refractivity contribution < 1.29 is 22.7 Å². The van der Waals surface area contributed by atoms with Crippen LogP contribution in [-0.2, 0) is 23.9 Å². The lowest BCUT2D eigenvalue weighted by Gasteiger charge is -2.34. The number of nitrogens with zero attached hydrogens (tertiary/aromatic N) is 2. The number of ether oxygens (including phenoxy) is 1. The van der Waals surface area contributed by atoms with Crippen molar-refractivity contribution in [2.24, 2.45) is 0 Å². The predicted octanol–water partition coefficient (Wildman–Crippen LogP) is 4.00. The lowest BCUT2D eigenvalue weighted by Crippen LogP contribution is -2.47. The maximum atomic E-state index is 12.7. The van der Waals surface area contributed by atoms with Gasteiger partial charge in [-0.1, -0.05) is 18.2 Å². The van der Waals surface area contributed by atoms with Crippen LogP contribution < -0.4 is 4.74 Å². The average molecular weight is 416 g/mol. The quantitative estimate of drug-likeness (QED) is 0.707. The molecule has 2 aromatic rings. The van der Waals surface area contributed by atoms with Gasteiger partial charge in [-0.15, -0.1) is 0 Å². The molecule has 1 fully saturated rings. The molecule has 0 bridgehead atoms. The van der Waals surface area contributed by atoms with Gasteiger partial charge >= 0.3 is 6.18 Å². The van der Waals surface area contributed by atoms with Gasteiger partial charge in [0, 0.05) is 45.2 Å². The third kappa shape index (κ3) is 4.84. The summed E-state index contributed by atoms with van der Waals surface area (Å²) in [6.07, 6.45) is 0.00995. The summed E-state index contributed by atoms with van der Waals surface area (Å²) in [6.45, 7) is 3.86. The zero-order valence-corrected chi connectivity index (χ0v) is 16.5. The second kappa shape index (κ2) is 8.52. The molecule has 0 saturated carbocycles. The van der Waals surface area contributed by atoms with Gasteiger partial charge in [0.25, 0.3) is 0 Å². The van der Waals surface area contributed by atoms with Crippen LogP contribution >= 0.6 is 0 Å². The number of hydrogen-bond acceptors (Lipinski definition) is 3. The Bertz CT molecular complexity index is 930. The molecule has 0 radical (unpaired) electrons. The molecule has 0 N–H and O–H groups in total. The molecular weight excluding hydrogens is 393 g/mol. The average Bonchev–Trinajstić information content (AvgIpc) is 3.20. The summed E-state index contributed by atoms with van der Waals surface area (Å²) in [5.41, 5.74) is 2.35. The van der Waals surface area contributed by atoms with E-state index in [0.717, 1.165) is 35.4 Å². The zero-order valence-electron chi connectivity index (χ0n) is 16.5. The lowest BCUT2D eigenvalue weighted by atomic mass is 10.1. The van der Waals surface area contributed by atoms with Gasteiger partial charge in [-0.05, 0) is 47.0 Å². The molecule has 4 nitrogen and oxygen atoms in total. The zero-order chi connectivity index (χ0) is 21.1. The predicted molar refractivity (Wildman–Crippen MR) is 108 cm³/mol. The summed E-state index contributed by atoms with van der Waals surface area (Å²) in [5.74, 6) is 0.892. The molecule has 7 heteroatoms. The number of piperazine rings is 1. The van der Waals surface area contributed by atoms with Crippen LogP contribution in [0, 0.1) is 0 Å². The van der Waals surface area contributed by atoms with Crippen molar-refractivity contribution in [2.75, 3.05) is 32.8 Å². The van der Waals surface area contributed by atoms with Crippen LogP contribution in [0.5, 0.6) is 5.75 Å². The molecule has 0 aliphatic carbocycles. The number of alkyl halides is 3. The number of carbonyl (C=O) groups is 1. The van der Waals surface area contributed by atoms with Crippen LogP contribution in [0.25, 0.3) is 6.08 Å². The van der Waals surface area contributed by atoms with E-state index in [1.807, 2.05) is 24.3 Å². The van der Waals surface area contributed by atoms with Crippen LogP contribution in [0.4, 0.5) is 13.2 Å². The van der Waals surface area contributed by atoms with Crippen molar-refractivity contribution in [3.05, 3.63) is 70.8 Å². The SMILES string of the molecule is O=C(/C=C/c1ccc2c(c1)CCO2)N1CCN(Cc2ccc(C(F)(F)F)cc2)CC1. The molecule has 158 valence electrons. The molecule has 2 aliphatic rings. The second-order valence-corrected chi connectivity index (χ2v) is 7.60. The lowest BCUT2D eigenvalue weighted by molar-refractivity contribution is -0.137. The molecule has 2 aromatic carbocycles. The fourth-order valence-corrected chi connectivity index (χ4v) is 3.77. The monoisotopic (exact) mass is 416 g/mol. The number of benzene rings is 2. The van der Waals surface area contributed by atoms with E-state index in [4.69, 9.17) is 4.74 Å². The summed E-state index contributed by atoms with van der Waals surface area (Å²) in [5, 5.41) is 0. The fourth-order valence-electron chi connectivity index (χ4n) is 3.77. The summed E-state index contributed by atoms with van der Waals surface area (Å²) in [4.78, 5) is 16.4.